The number of allylic oxidation sites excluding steroid dienone is 1. The van der Waals surface area contributed by atoms with Gasteiger partial charge in [0.15, 0.2) is 5.11 Å². The van der Waals surface area contributed by atoms with Crippen LogP contribution < -0.4 is 10.7 Å². The summed E-state index contributed by atoms with van der Waals surface area (Å²) in [5.74, 6) is 0. The van der Waals surface area contributed by atoms with E-state index in [9.17, 15) is 0 Å². The monoisotopic (exact) mass is 295 g/mol. The predicted molar refractivity (Wildman–Crippen MR) is 94.5 cm³/mol. The zero-order chi connectivity index (χ0) is 14.9. The van der Waals surface area contributed by atoms with Gasteiger partial charge >= 0.3 is 0 Å². The summed E-state index contributed by atoms with van der Waals surface area (Å²) < 4.78 is 0. The molecule has 0 aliphatic rings. The van der Waals surface area contributed by atoms with Crippen molar-refractivity contribution in [3.63, 3.8) is 0 Å². The molecule has 0 heterocycles. The highest BCUT2D eigenvalue weighted by atomic mass is 32.1. The smallest absolute Gasteiger partial charge is 0.191 e. The van der Waals surface area contributed by atoms with E-state index < -0.39 is 0 Å². The Morgan fingerprint density at radius 3 is 2.52 bits per heavy atom. The summed E-state index contributed by atoms with van der Waals surface area (Å²) in [5.41, 5.74) is 6.02. The predicted octanol–water partition coefficient (Wildman–Crippen LogP) is 3.98. The minimum atomic E-state index is 0.466. The first kappa shape index (κ1) is 14.9. The molecule has 0 bridgehead atoms. The third-order valence-corrected chi connectivity index (χ3v) is 3.00. The molecule has 0 aromatic heterocycles. The van der Waals surface area contributed by atoms with Crippen LogP contribution in [-0.4, -0.2) is 11.3 Å². The lowest BCUT2D eigenvalue weighted by Crippen LogP contribution is -2.24. The second-order valence-electron chi connectivity index (χ2n) is 4.43. The normalized spacial score (nSPS) is 10.9. The molecule has 2 N–H and O–H groups in total. The molecule has 21 heavy (non-hydrogen) atoms. The number of hydrogen-bond acceptors (Lipinski definition) is 2. The molecule has 0 aliphatic heterocycles. The molecule has 2 aromatic carbocycles. The second kappa shape index (κ2) is 7.97. The topological polar surface area (TPSA) is 36.4 Å². The zero-order valence-electron chi connectivity index (χ0n) is 11.8. The average Bonchev–Trinajstić information content (AvgIpc) is 2.50. The van der Waals surface area contributed by atoms with E-state index in [1.54, 1.807) is 6.21 Å². The summed E-state index contributed by atoms with van der Waals surface area (Å²) in [6.07, 6.45) is 5.50. The fraction of sp³-hybridized carbons (Fsp3) is 0.0588. The van der Waals surface area contributed by atoms with E-state index in [1.807, 2.05) is 73.7 Å². The Balaban J connectivity index is 1.80. The van der Waals surface area contributed by atoms with Crippen molar-refractivity contribution in [1.29, 1.82) is 0 Å². The van der Waals surface area contributed by atoms with Crippen LogP contribution in [0.25, 0.3) is 6.08 Å². The highest BCUT2D eigenvalue weighted by Crippen LogP contribution is 2.12. The highest BCUT2D eigenvalue weighted by molar-refractivity contribution is 7.80. The van der Waals surface area contributed by atoms with E-state index in [2.05, 4.69) is 15.8 Å². The van der Waals surface area contributed by atoms with Crippen LogP contribution in [0.2, 0.25) is 0 Å². The number of nitrogens with one attached hydrogen (secondary N) is 2. The van der Waals surface area contributed by atoms with Crippen LogP contribution in [0.15, 0.2) is 65.8 Å². The van der Waals surface area contributed by atoms with Gasteiger partial charge in [-0.15, -0.1) is 0 Å². The van der Waals surface area contributed by atoms with Crippen LogP contribution in [0, 0.1) is 6.92 Å². The number of hydrogen-bond donors (Lipinski definition) is 2. The first-order valence-electron chi connectivity index (χ1n) is 6.63. The molecule has 0 amide bonds. The van der Waals surface area contributed by atoms with Gasteiger partial charge in [-0.2, -0.15) is 5.10 Å². The molecular formula is C17H17N3S. The first-order chi connectivity index (χ1) is 10.3. The summed E-state index contributed by atoms with van der Waals surface area (Å²) in [6, 6.07) is 18.0. The largest absolute Gasteiger partial charge is 0.331 e. The summed E-state index contributed by atoms with van der Waals surface area (Å²) in [6.45, 7) is 2.02. The molecule has 0 unspecified atom stereocenters. The Hall–Kier alpha value is -2.46. The molecule has 2 rings (SSSR count). The van der Waals surface area contributed by atoms with Crippen molar-refractivity contribution in [2.45, 2.75) is 6.92 Å². The van der Waals surface area contributed by atoms with Crippen molar-refractivity contribution in [3.05, 3.63) is 71.8 Å². The van der Waals surface area contributed by atoms with Crippen LogP contribution in [0.4, 0.5) is 5.69 Å². The maximum Gasteiger partial charge on any atom is 0.191 e. The summed E-state index contributed by atoms with van der Waals surface area (Å²) in [7, 11) is 0. The molecule has 0 fully saturated rings. The van der Waals surface area contributed by atoms with Gasteiger partial charge in [-0.05, 0) is 42.4 Å². The molecule has 0 aliphatic carbocycles. The third kappa shape index (κ3) is 5.20. The number of aryl methyl sites for hydroxylation is 1. The fourth-order valence-corrected chi connectivity index (χ4v) is 1.88. The Bertz CT molecular complexity index is 648. The number of hydrazone groups is 1. The molecule has 3 nitrogen and oxygen atoms in total. The van der Waals surface area contributed by atoms with Crippen molar-refractivity contribution < 1.29 is 0 Å². The van der Waals surface area contributed by atoms with Crippen LogP contribution in [-0.2, 0) is 0 Å². The molecule has 0 spiro atoms. The van der Waals surface area contributed by atoms with Gasteiger partial charge in [0.1, 0.15) is 0 Å². The van der Waals surface area contributed by atoms with Crippen LogP contribution in [0.3, 0.4) is 0 Å². The Kier molecular flexibility index (Phi) is 5.67. The van der Waals surface area contributed by atoms with Crippen LogP contribution >= 0.6 is 12.2 Å². The van der Waals surface area contributed by atoms with Crippen molar-refractivity contribution in [2.75, 3.05) is 5.32 Å². The third-order valence-electron chi connectivity index (χ3n) is 2.81. The van der Waals surface area contributed by atoms with E-state index in [4.69, 9.17) is 12.2 Å². The van der Waals surface area contributed by atoms with Crippen LogP contribution in [0.5, 0.6) is 0 Å². The Morgan fingerprint density at radius 2 is 1.76 bits per heavy atom. The fourth-order valence-electron chi connectivity index (χ4n) is 1.72. The molecular weight excluding hydrogens is 278 g/mol. The maximum absolute atomic E-state index is 5.18. The van der Waals surface area contributed by atoms with Gasteiger partial charge in [0, 0.05) is 11.9 Å². The summed E-state index contributed by atoms with van der Waals surface area (Å²) in [5, 5.41) is 7.61. The quantitative estimate of drug-likeness (QED) is 0.509. The van der Waals surface area contributed by atoms with Gasteiger partial charge in [0.2, 0.25) is 0 Å². The number of para-hydroxylation sites is 1. The minimum Gasteiger partial charge on any atom is -0.331 e. The van der Waals surface area contributed by atoms with Gasteiger partial charge in [-0.1, -0.05) is 54.6 Å². The SMILES string of the molecule is Cc1ccccc1NC(=S)NN=CC=Cc1ccccc1. The minimum absolute atomic E-state index is 0.466. The molecule has 4 heteroatoms. The van der Waals surface area contributed by atoms with E-state index in [0.29, 0.717) is 5.11 Å². The van der Waals surface area contributed by atoms with Gasteiger partial charge in [0.25, 0.3) is 0 Å². The summed E-state index contributed by atoms with van der Waals surface area (Å²) >= 11 is 5.18. The van der Waals surface area contributed by atoms with E-state index >= 15 is 0 Å². The van der Waals surface area contributed by atoms with Gasteiger partial charge in [0.05, 0.1) is 0 Å². The molecule has 0 saturated carbocycles. The van der Waals surface area contributed by atoms with E-state index in [1.165, 1.54) is 0 Å². The Labute approximate surface area is 130 Å². The lowest BCUT2D eigenvalue weighted by molar-refractivity contribution is 1.05. The van der Waals surface area contributed by atoms with Crippen molar-refractivity contribution in [2.24, 2.45) is 5.10 Å². The van der Waals surface area contributed by atoms with Gasteiger partial charge in [-0.25, -0.2) is 0 Å². The van der Waals surface area contributed by atoms with Crippen molar-refractivity contribution in [1.82, 2.24) is 5.43 Å². The van der Waals surface area contributed by atoms with E-state index in [-0.39, 0.29) is 0 Å². The number of anilines is 1. The van der Waals surface area contributed by atoms with Crippen molar-refractivity contribution in [3.8, 4) is 0 Å². The zero-order valence-corrected chi connectivity index (χ0v) is 12.6. The molecule has 2 aromatic rings. The highest BCUT2D eigenvalue weighted by Gasteiger charge is 1.97. The number of benzene rings is 2. The van der Waals surface area contributed by atoms with Gasteiger partial charge in [-0.3, -0.25) is 5.43 Å². The number of rotatable bonds is 4. The maximum atomic E-state index is 5.18. The lowest BCUT2D eigenvalue weighted by Gasteiger charge is -2.08. The molecule has 0 atom stereocenters. The molecule has 106 valence electrons. The molecule has 0 saturated heterocycles. The van der Waals surface area contributed by atoms with Gasteiger partial charge < -0.3 is 5.32 Å². The first-order valence-corrected chi connectivity index (χ1v) is 7.04. The second-order valence-corrected chi connectivity index (χ2v) is 4.84. The number of nitrogens with zero attached hydrogens (tertiary/aromatic N) is 1. The van der Waals surface area contributed by atoms with E-state index in [0.717, 1.165) is 16.8 Å². The average molecular weight is 295 g/mol. The lowest BCUT2D eigenvalue weighted by atomic mass is 10.2. The van der Waals surface area contributed by atoms with Crippen LogP contribution in [0.1, 0.15) is 11.1 Å². The number of thiocarbonyl (C=S) groups is 1. The standard InChI is InChI=1S/C17H17N3S/c1-14-8-5-6-12-16(14)19-17(21)20-18-13-7-11-15-9-3-2-4-10-15/h2-13H,1H3,(H2,19,20,21). The Morgan fingerprint density at radius 1 is 1.05 bits per heavy atom. The summed E-state index contributed by atoms with van der Waals surface area (Å²) in [4.78, 5) is 0. The van der Waals surface area contributed by atoms with Crippen molar-refractivity contribution >= 4 is 35.3 Å². The molecule has 0 radical (unpaired) electrons.